The zero-order chi connectivity index (χ0) is 15.8. The van der Waals surface area contributed by atoms with E-state index in [4.69, 9.17) is 0 Å². The van der Waals surface area contributed by atoms with Crippen LogP contribution in [0, 0.1) is 5.92 Å². The maximum Gasteiger partial charge on any atom is 0.136 e. The summed E-state index contributed by atoms with van der Waals surface area (Å²) < 4.78 is 15.3. The Hall–Kier alpha value is -0.580. The van der Waals surface area contributed by atoms with Gasteiger partial charge >= 0.3 is 0 Å². The molecule has 0 aromatic carbocycles. The maximum absolute atomic E-state index is 12.3. The Labute approximate surface area is 128 Å². The first-order chi connectivity index (χ1) is 9.22. The van der Waals surface area contributed by atoms with Gasteiger partial charge in [0.2, 0.25) is 0 Å². The molecule has 0 radical (unpaired) electrons. The van der Waals surface area contributed by atoms with Crippen molar-refractivity contribution in [1.29, 1.82) is 0 Å². The highest BCUT2D eigenvalue weighted by Gasteiger charge is 2.30. The van der Waals surface area contributed by atoms with Crippen molar-refractivity contribution in [3.63, 3.8) is 0 Å². The van der Waals surface area contributed by atoms with Crippen LogP contribution in [0.2, 0.25) is 0 Å². The van der Waals surface area contributed by atoms with Gasteiger partial charge in [-0.3, -0.25) is 4.99 Å². The normalized spacial score (nSPS) is 18.1. The molecule has 0 aliphatic carbocycles. The summed E-state index contributed by atoms with van der Waals surface area (Å²) in [7, 11) is 0. The van der Waals surface area contributed by atoms with E-state index in [2.05, 4.69) is 29.3 Å². The molecule has 0 bridgehead atoms. The zero-order valence-corrected chi connectivity index (χ0v) is 14.6. The molecule has 20 heavy (non-hydrogen) atoms. The van der Waals surface area contributed by atoms with Gasteiger partial charge in [0, 0.05) is 23.3 Å². The monoisotopic (exact) mass is 298 g/mol. The van der Waals surface area contributed by atoms with E-state index in [9.17, 15) is 4.55 Å². The van der Waals surface area contributed by atoms with Crippen molar-refractivity contribution in [1.82, 2.24) is 4.72 Å². The topological polar surface area (TPSA) is 47.5 Å². The van der Waals surface area contributed by atoms with Gasteiger partial charge in [-0.05, 0) is 59.5 Å². The molecule has 0 saturated heterocycles. The Morgan fingerprint density at radius 1 is 1.45 bits per heavy atom. The number of nitrogens with one attached hydrogen (secondary N) is 1. The summed E-state index contributed by atoms with van der Waals surface area (Å²) in [6, 6.07) is 0.0544. The van der Waals surface area contributed by atoms with Gasteiger partial charge in [0.05, 0.1) is 6.04 Å². The van der Waals surface area contributed by atoms with Crippen LogP contribution >= 0.6 is 0 Å². The molecule has 0 aliphatic rings. The summed E-state index contributed by atoms with van der Waals surface area (Å²) in [6.07, 6.45) is 7.75. The predicted octanol–water partition coefficient (Wildman–Crippen LogP) is 4.00. The first-order valence-electron chi connectivity index (χ1n) is 7.18. The van der Waals surface area contributed by atoms with E-state index >= 15 is 0 Å². The van der Waals surface area contributed by atoms with Crippen molar-refractivity contribution < 1.29 is 4.55 Å². The predicted molar refractivity (Wildman–Crippen MR) is 91.3 cm³/mol. The minimum absolute atomic E-state index is 0.0544. The highest BCUT2D eigenvalue weighted by Crippen LogP contribution is 2.20. The van der Waals surface area contributed by atoms with Crippen LogP contribution in [0.15, 0.2) is 29.4 Å². The Kier molecular flexibility index (Phi) is 9.10. The average molecular weight is 298 g/mol. The third kappa shape index (κ3) is 7.88. The maximum atomic E-state index is 12.3. The van der Waals surface area contributed by atoms with Crippen LogP contribution in [0.1, 0.15) is 54.4 Å². The fourth-order valence-corrected chi connectivity index (χ4v) is 2.58. The van der Waals surface area contributed by atoms with Crippen LogP contribution in [0.5, 0.6) is 0 Å². The quantitative estimate of drug-likeness (QED) is 0.418. The molecule has 0 amide bonds. The number of rotatable bonds is 8. The minimum atomic E-state index is -1.09. The molecule has 0 fully saturated rings. The highest BCUT2D eigenvalue weighted by molar-refractivity contribution is 7.90. The van der Waals surface area contributed by atoms with Crippen molar-refractivity contribution in [2.24, 2.45) is 10.9 Å². The van der Waals surface area contributed by atoms with Gasteiger partial charge in [-0.25, -0.2) is 0 Å². The first kappa shape index (κ1) is 19.4. The summed E-state index contributed by atoms with van der Waals surface area (Å²) in [5.74, 6) is 0.376. The largest absolute Gasteiger partial charge is 0.598 e. The van der Waals surface area contributed by atoms with Crippen LogP contribution in [-0.2, 0) is 11.4 Å². The molecule has 0 saturated carbocycles. The lowest BCUT2D eigenvalue weighted by molar-refractivity contribution is 0.443. The molecule has 3 atom stereocenters. The molecule has 116 valence electrons. The molecular formula is C16H30N2OS. The fourth-order valence-electron chi connectivity index (χ4n) is 1.68. The molecule has 0 aliphatic heterocycles. The first-order valence-corrected chi connectivity index (χ1v) is 8.33. The SMILES string of the molecule is C=CCCC(C)C(/C=C(C)/N=C\C)N[S+]([O-])C(C)(C)C. The standard InChI is InChI=1S/C16H30N2OS/c1-8-10-11-13(3)15(12-14(4)17-9-2)18-20(19)16(5,6)7/h8-9,12-13,15,18H,1,10-11H2,2-7H3/b14-12+,17-9-. The summed E-state index contributed by atoms with van der Waals surface area (Å²) >= 11 is -1.09. The second-order valence-corrected chi connectivity index (χ2v) is 8.06. The van der Waals surface area contributed by atoms with Crippen LogP contribution in [0.25, 0.3) is 0 Å². The number of aliphatic imine (C=N–C) groups is 1. The van der Waals surface area contributed by atoms with Gasteiger partial charge in [0.25, 0.3) is 0 Å². The average Bonchev–Trinajstić information content (AvgIpc) is 2.34. The molecule has 1 N–H and O–H groups in total. The van der Waals surface area contributed by atoms with E-state index in [1.807, 2.05) is 40.7 Å². The molecule has 0 rings (SSSR count). The molecule has 0 spiro atoms. The van der Waals surface area contributed by atoms with Crippen LogP contribution in [0.4, 0.5) is 0 Å². The molecule has 4 heteroatoms. The third-order valence-corrected chi connectivity index (χ3v) is 4.59. The summed E-state index contributed by atoms with van der Waals surface area (Å²) in [6.45, 7) is 15.7. The van der Waals surface area contributed by atoms with E-state index in [-0.39, 0.29) is 10.8 Å². The smallest absolute Gasteiger partial charge is 0.136 e. The Balaban J connectivity index is 4.96. The second-order valence-electron chi connectivity index (χ2n) is 6.06. The Bertz CT molecular complexity index is 345. The summed E-state index contributed by atoms with van der Waals surface area (Å²) in [4.78, 5) is 4.27. The Morgan fingerprint density at radius 2 is 2.05 bits per heavy atom. The second kappa shape index (κ2) is 9.37. The van der Waals surface area contributed by atoms with Crippen molar-refractivity contribution >= 4 is 17.6 Å². The summed E-state index contributed by atoms with van der Waals surface area (Å²) in [5.41, 5.74) is 0.946. The van der Waals surface area contributed by atoms with Gasteiger partial charge in [0.15, 0.2) is 0 Å². The van der Waals surface area contributed by atoms with Crippen molar-refractivity contribution in [3.05, 3.63) is 24.4 Å². The highest BCUT2D eigenvalue weighted by atomic mass is 32.2. The lowest BCUT2D eigenvalue weighted by atomic mass is 9.96. The van der Waals surface area contributed by atoms with Gasteiger partial charge in [-0.15, -0.1) is 11.3 Å². The number of allylic oxidation sites excluding steroid dienone is 2. The molecule has 0 aromatic rings. The molecule has 0 heterocycles. The Morgan fingerprint density at radius 3 is 2.50 bits per heavy atom. The van der Waals surface area contributed by atoms with Gasteiger partial charge in [-0.2, -0.15) is 0 Å². The minimum Gasteiger partial charge on any atom is -0.598 e. The molecule has 3 nitrogen and oxygen atoms in total. The van der Waals surface area contributed by atoms with Crippen LogP contribution < -0.4 is 4.72 Å². The number of nitrogens with zero attached hydrogens (tertiary/aromatic N) is 1. The third-order valence-electron chi connectivity index (χ3n) is 2.99. The van der Waals surface area contributed by atoms with Crippen LogP contribution in [0.3, 0.4) is 0 Å². The van der Waals surface area contributed by atoms with Gasteiger partial charge in [-0.1, -0.05) is 13.0 Å². The van der Waals surface area contributed by atoms with E-state index < -0.39 is 11.4 Å². The van der Waals surface area contributed by atoms with E-state index in [1.54, 1.807) is 6.21 Å². The van der Waals surface area contributed by atoms with Gasteiger partial charge < -0.3 is 4.55 Å². The number of hydrogen-bond acceptors (Lipinski definition) is 3. The summed E-state index contributed by atoms with van der Waals surface area (Å²) in [5, 5.41) is 0. The lowest BCUT2D eigenvalue weighted by Crippen LogP contribution is -2.46. The van der Waals surface area contributed by atoms with E-state index in [1.165, 1.54) is 0 Å². The van der Waals surface area contributed by atoms with Crippen molar-refractivity contribution in [2.75, 3.05) is 0 Å². The van der Waals surface area contributed by atoms with Gasteiger partial charge in [0.1, 0.15) is 4.75 Å². The zero-order valence-electron chi connectivity index (χ0n) is 13.8. The molecule has 3 unspecified atom stereocenters. The van der Waals surface area contributed by atoms with Crippen LogP contribution in [-0.4, -0.2) is 21.6 Å². The molecule has 0 aromatic heterocycles. The number of hydrogen-bond donors (Lipinski definition) is 1. The van der Waals surface area contributed by atoms with E-state index in [0.29, 0.717) is 5.92 Å². The molecular weight excluding hydrogens is 268 g/mol. The van der Waals surface area contributed by atoms with Crippen molar-refractivity contribution in [2.45, 2.75) is 65.2 Å². The fraction of sp³-hybridized carbons (Fsp3) is 0.688. The van der Waals surface area contributed by atoms with Crippen molar-refractivity contribution in [3.8, 4) is 0 Å². The van der Waals surface area contributed by atoms with E-state index in [0.717, 1.165) is 18.5 Å². The lowest BCUT2D eigenvalue weighted by Gasteiger charge is -2.29.